The van der Waals surface area contributed by atoms with Crippen molar-refractivity contribution in [1.29, 1.82) is 0 Å². The van der Waals surface area contributed by atoms with Gasteiger partial charge in [0.1, 0.15) is 0 Å². The molecular formula is C12H14BrNO5S. The van der Waals surface area contributed by atoms with Crippen LogP contribution in [0.1, 0.15) is 29.6 Å². The van der Waals surface area contributed by atoms with Crippen LogP contribution in [0.4, 0.5) is 0 Å². The number of halogens is 1. The molecule has 1 aromatic carbocycles. The molecule has 1 aromatic rings. The van der Waals surface area contributed by atoms with Gasteiger partial charge in [-0.3, -0.25) is 0 Å². The molecule has 0 radical (unpaired) electrons. The maximum absolute atomic E-state index is 12.2. The lowest BCUT2D eigenvalue weighted by Gasteiger charge is -2.36. The summed E-state index contributed by atoms with van der Waals surface area (Å²) in [5.74, 6) is -1.20. The number of carboxylic acid groups (broad SMARTS) is 1. The minimum absolute atomic E-state index is 0.0704. The molecule has 20 heavy (non-hydrogen) atoms. The van der Waals surface area contributed by atoms with Crippen molar-refractivity contribution in [3.63, 3.8) is 0 Å². The molecule has 1 fully saturated rings. The Morgan fingerprint density at radius 3 is 2.55 bits per heavy atom. The largest absolute Gasteiger partial charge is 0.478 e. The molecule has 1 aliphatic rings. The Labute approximate surface area is 125 Å². The van der Waals surface area contributed by atoms with E-state index in [0.717, 1.165) is 12.5 Å². The zero-order valence-corrected chi connectivity index (χ0v) is 12.9. The van der Waals surface area contributed by atoms with E-state index in [1.807, 2.05) is 0 Å². The summed E-state index contributed by atoms with van der Waals surface area (Å²) in [4.78, 5) is 10.7. The third kappa shape index (κ3) is 3.20. The van der Waals surface area contributed by atoms with Crippen LogP contribution in [0.5, 0.6) is 0 Å². The Morgan fingerprint density at radius 1 is 1.40 bits per heavy atom. The SMILES string of the molecule is O=C(O)c1ccc(Br)c(S(=O)(=O)NCC2(O)CCC2)c1. The van der Waals surface area contributed by atoms with Crippen LogP contribution in [-0.4, -0.2) is 36.7 Å². The first-order valence-corrected chi connectivity index (χ1v) is 8.26. The zero-order valence-electron chi connectivity index (χ0n) is 10.5. The number of nitrogens with one attached hydrogen (secondary N) is 1. The molecule has 2 rings (SSSR count). The fourth-order valence-electron chi connectivity index (χ4n) is 1.91. The van der Waals surface area contributed by atoms with Gasteiger partial charge < -0.3 is 10.2 Å². The molecule has 0 amide bonds. The second-order valence-electron chi connectivity index (χ2n) is 4.85. The van der Waals surface area contributed by atoms with Crippen molar-refractivity contribution in [2.75, 3.05) is 6.54 Å². The highest BCUT2D eigenvalue weighted by molar-refractivity contribution is 9.10. The molecule has 3 N–H and O–H groups in total. The predicted molar refractivity (Wildman–Crippen MR) is 75.1 cm³/mol. The maximum atomic E-state index is 12.2. The lowest BCUT2D eigenvalue weighted by atomic mass is 9.81. The number of hydrogen-bond donors (Lipinski definition) is 3. The Balaban J connectivity index is 2.24. The second kappa shape index (κ2) is 5.44. The summed E-state index contributed by atoms with van der Waals surface area (Å²) in [5.41, 5.74) is -1.10. The van der Waals surface area contributed by atoms with Crippen molar-refractivity contribution in [1.82, 2.24) is 4.72 Å². The number of benzene rings is 1. The van der Waals surface area contributed by atoms with E-state index in [4.69, 9.17) is 5.11 Å². The van der Waals surface area contributed by atoms with Crippen LogP contribution in [0.25, 0.3) is 0 Å². The molecule has 0 bridgehead atoms. The smallest absolute Gasteiger partial charge is 0.335 e. The number of aliphatic hydroxyl groups is 1. The summed E-state index contributed by atoms with van der Waals surface area (Å²) in [6, 6.07) is 3.76. The Morgan fingerprint density at radius 2 is 2.05 bits per heavy atom. The number of aromatic carboxylic acids is 1. The molecule has 0 saturated heterocycles. The summed E-state index contributed by atoms with van der Waals surface area (Å²) < 4.78 is 26.9. The van der Waals surface area contributed by atoms with Gasteiger partial charge in [0.15, 0.2) is 0 Å². The Bertz CT molecular complexity index is 639. The average Bonchev–Trinajstić information content (AvgIpc) is 2.34. The van der Waals surface area contributed by atoms with Crippen LogP contribution in [0.2, 0.25) is 0 Å². The molecule has 0 unspecified atom stereocenters. The molecule has 8 heteroatoms. The molecule has 0 atom stereocenters. The number of sulfonamides is 1. The number of hydrogen-bond acceptors (Lipinski definition) is 4. The van der Waals surface area contributed by atoms with Gasteiger partial charge in [0, 0.05) is 11.0 Å². The van der Waals surface area contributed by atoms with Gasteiger partial charge in [-0.05, 0) is 53.4 Å². The quantitative estimate of drug-likeness (QED) is 0.732. The molecule has 0 heterocycles. The fraction of sp³-hybridized carbons (Fsp3) is 0.417. The normalized spacial score (nSPS) is 17.5. The topological polar surface area (TPSA) is 104 Å². The van der Waals surface area contributed by atoms with Gasteiger partial charge in [-0.2, -0.15) is 0 Å². The Hall–Kier alpha value is -0.960. The van der Waals surface area contributed by atoms with Crippen LogP contribution >= 0.6 is 15.9 Å². The van der Waals surface area contributed by atoms with Gasteiger partial charge in [0.25, 0.3) is 0 Å². The first kappa shape index (κ1) is 15.4. The molecule has 0 aromatic heterocycles. The highest BCUT2D eigenvalue weighted by Crippen LogP contribution is 2.31. The fourth-order valence-corrected chi connectivity index (χ4v) is 4.02. The van der Waals surface area contributed by atoms with E-state index < -0.39 is 21.6 Å². The lowest BCUT2D eigenvalue weighted by Crippen LogP contribution is -2.47. The van der Waals surface area contributed by atoms with Crippen LogP contribution in [-0.2, 0) is 10.0 Å². The molecule has 110 valence electrons. The van der Waals surface area contributed by atoms with E-state index in [1.54, 1.807) is 0 Å². The van der Waals surface area contributed by atoms with Gasteiger partial charge in [-0.15, -0.1) is 0 Å². The average molecular weight is 364 g/mol. The van der Waals surface area contributed by atoms with E-state index in [2.05, 4.69) is 20.7 Å². The van der Waals surface area contributed by atoms with Crippen molar-refractivity contribution in [3.05, 3.63) is 28.2 Å². The molecule has 1 saturated carbocycles. The zero-order chi connectivity index (χ0) is 15.0. The van der Waals surface area contributed by atoms with Crippen molar-refractivity contribution in [2.45, 2.75) is 29.8 Å². The minimum Gasteiger partial charge on any atom is -0.478 e. The number of rotatable bonds is 5. The summed E-state index contributed by atoms with van der Waals surface area (Å²) in [5, 5.41) is 18.8. The predicted octanol–water partition coefficient (Wildman–Crippen LogP) is 1.34. The standard InChI is InChI=1S/C12H14BrNO5S/c13-9-3-2-8(11(15)16)6-10(9)20(18,19)14-7-12(17)4-1-5-12/h2-3,6,14,17H,1,4-5,7H2,(H,15,16). The van der Waals surface area contributed by atoms with Crippen LogP contribution in [0.15, 0.2) is 27.6 Å². The first-order valence-electron chi connectivity index (χ1n) is 5.98. The van der Waals surface area contributed by atoms with E-state index in [0.29, 0.717) is 12.8 Å². The molecule has 0 aliphatic heterocycles. The highest BCUT2D eigenvalue weighted by Gasteiger charge is 2.35. The van der Waals surface area contributed by atoms with Gasteiger partial charge in [-0.1, -0.05) is 0 Å². The number of carbonyl (C=O) groups is 1. The minimum atomic E-state index is -3.88. The maximum Gasteiger partial charge on any atom is 0.335 e. The summed E-state index contributed by atoms with van der Waals surface area (Å²) in [6.45, 7) is -0.0704. The van der Waals surface area contributed by atoms with Crippen molar-refractivity contribution in [3.8, 4) is 0 Å². The molecule has 6 nitrogen and oxygen atoms in total. The van der Waals surface area contributed by atoms with Crippen molar-refractivity contribution >= 4 is 31.9 Å². The second-order valence-corrected chi connectivity index (χ2v) is 7.44. The first-order chi connectivity index (χ1) is 9.23. The summed E-state index contributed by atoms with van der Waals surface area (Å²) >= 11 is 3.09. The van der Waals surface area contributed by atoms with E-state index in [9.17, 15) is 18.3 Å². The molecule has 0 spiro atoms. The van der Waals surface area contributed by atoms with Gasteiger partial charge in [-0.25, -0.2) is 17.9 Å². The van der Waals surface area contributed by atoms with Crippen molar-refractivity contribution in [2.24, 2.45) is 0 Å². The van der Waals surface area contributed by atoms with Crippen LogP contribution < -0.4 is 4.72 Å². The summed E-state index contributed by atoms with van der Waals surface area (Å²) in [7, 11) is -3.88. The van der Waals surface area contributed by atoms with E-state index in [1.165, 1.54) is 12.1 Å². The third-order valence-electron chi connectivity index (χ3n) is 3.34. The third-order valence-corrected chi connectivity index (χ3v) is 5.74. The van der Waals surface area contributed by atoms with Crippen LogP contribution in [0, 0.1) is 0 Å². The van der Waals surface area contributed by atoms with Gasteiger partial charge in [0.05, 0.1) is 16.1 Å². The Kier molecular flexibility index (Phi) is 4.19. The van der Waals surface area contributed by atoms with E-state index >= 15 is 0 Å². The van der Waals surface area contributed by atoms with E-state index in [-0.39, 0.29) is 21.5 Å². The van der Waals surface area contributed by atoms with Gasteiger partial charge in [0.2, 0.25) is 10.0 Å². The number of carboxylic acids is 1. The highest BCUT2D eigenvalue weighted by atomic mass is 79.9. The lowest BCUT2D eigenvalue weighted by molar-refractivity contribution is -0.0271. The van der Waals surface area contributed by atoms with Crippen molar-refractivity contribution < 1.29 is 23.4 Å². The monoisotopic (exact) mass is 363 g/mol. The van der Waals surface area contributed by atoms with Crippen LogP contribution in [0.3, 0.4) is 0 Å². The summed E-state index contributed by atoms with van der Waals surface area (Å²) in [6.07, 6.45) is 1.99. The molecular weight excluding hydrogens is 350 g/mol. The van der Waals surface area contributed by atoms with Gasteiger partial charge >= 0.3 is 5.97 Å². The molecule has 1 aliphatic carbocycles.